The molecule has 0 saturated carbocycles. The van der Waals surface area contributed by atoms with Gasteiger partial charge in [-0.3, -0.25) is 0 Å². The van der Waals surface area contributed by atoms with E-state index in [9.17, 15) is 9.90 Å². The van der Waals surface area contributed by atoms with Crippen LogP contribution >= 0.6 is 0 Å². The summed E-state index contributed by atoms with van der Waals surface area (Å²) in [5.74, 6) is -0.836. The first-order chi connectivity index (χ1) is 11.2. The minimum Gasteiger partial charge on any atom is -0.478 e. The number of unbranched alkanes of at least 4 members (excludes halogenated alkanes) is 1. The van der Waals surface area contributed by atoms with Crippen molar-refractivity contribution in [2.75, 3.05) is 19.6 Å². The van der Waals surface area contributed by atoms with E-state index in [2.05, 4.69) is 28.7 Å². The van der Waals surface area contributed by atoms with Crippen LogP contribution in [0.1, 0.15) is 48.5 Å². The van der Waals surface area contributed by atoms with Crippen LogP contribution in [0, 0.1) is 0 Å². The van der Waals surface area contributed by atoms with Crippen LogP contribution in [0.4, 0.5) is 0 Å². The maximum Gasteiger partial charge on any atom is 0.337 e. The minimum atomic E-state index is -0.836. The molecule has 0 unspecified atom stereocenters. The van der Waals surface area contributed by atoms with Crippen molar-refractivity contribution in [2.45, 2.75) is 45.6 Å². The van der Waals surface area contributed by atoms with Gasteiger partial charge in [0.1, 0.15) is 0 Å². The second-order valence-electron chi connectivity index (χ2n) is 6.51. The number of fused-ring (bicyclic) bond motifs is 1. The smallest absolute Gasteiger partial charge is 0.337 e. The Balaban J connectivity index is 1.93. The summed E-state index contributed by atoms with van der Waals surface area (Å²) in [5, 5.41) is 10.6. The quantitative estimate of drug-likeness (QED) is 0.846. The number of hydrogen-bond donors (Lipinski definition) is 1. The van der Waals surface area contributed by atoms with Gasteiger partial charge in [0.05, 0.1) is 11.1 Å². The Morgan fingerprint density at radius 3 is 2.70 bits per heavy atom. The van der Waals surface area contributed by atoms with E-state index in [0.717, 1.165) is 43.3 Å². The molecule has 1 aromatic heterocycles. The monoisotopic (exact) mass is 314 g/mol. The summed E-state index contributed by atoms with van der Waals surface area (Å²) < 4.78 is 2.15. The normalized spacial score (nSPS) is 15.5. The number of aryl methyl sites for hydroxylation is 1. The number of carboxylic acids is 1. The Kier molecular flexibility index (Phi) is 5.01. The molecular formula is C19H26N2O2. The molecule has 0 atom stereocenters. The Bertz CT molecular complexity index is 684. The summed E-state index contributed by atoms with van der Waals surface area (Å²) in [6, 6.07) is 5.66. The van der Waals surface area contributed by atoms with Gasteiger partial charge in [-0.2, -0.15) is 0 Å². The highest BCUT2D eigenvalue weighted by atomic mass is 16.4. The van der Waals surface area contributed by atoms with Crippen molar-refractivity contribution in [2.24, 2.45) is 0 Å². The molecule has 2 aromatic rings. The maximum absolute atomic E-state index is 11.6. The Hall–Kier alpha value is -1.81. The SMILES string of the molecule is CCCCn1cc(CCN2CCCC2)c2cccc(C(=O)O)c21. The third-order valence-corrected chi connectivity index (χ3v) is 4.86. The first-order valence-corrected chi connectivity index (χ1v) is 8.77. The number of aromatic carboxylic acids is 1. The van der Waals surface area contributed by atoms with Crippen molar-refractivity contribution in [1.82, 2.24) is 9.47 Å². The molecule has 124 valence electrons. The molecule has 1 N–H and O–H groups in total. The lowest BCUT2D eigenvalue weighted by Gasteiger charge is -2.13. The van der Waals surface area contributed by atoms with Crippen molar-refractivity contribution >= 4 is 16.9 Å². The zero-order chi connectivity index (χ0) is 16.2. The van der Waals surface area contributed by atoms with Gasteiger partial charge in [-0.25, -0.2) is 4.79 Å². The molecule has 4 heteroatoms. The molecule has 1 aliphatic heterocycles. The average molecular weight is 314 g/mol. The first-order valence-electron chi connectivity index (χ1n) is 8.77. The lowest BCUT2D eigenvalue weighted by Crippen LogP contribution is -2.21. The van der Waals surface area contributed by atoms with E-state index in [1.54, 1.807) is 6.07 Å². The lowest BCUT2D eigenvalue weighted by molar-refractivity contribution is 0.0698. The van der Waals surface area contributed by atoms with E-state index in [-0.39, 0.29) is 0 Å². The number of carbonyl (C=O) groups is 1. The summed E-state index contributed by atoms with van der Waals surface area (Å²) in [4.78, 5) is 14.1. The van der Waals surface area contributed by atoms with Gasteiger partial charge in [0.25, 0.3) is 0 Å². The Labute approximate surface area is 137 Å². The Morgan fingerprint density at radius 1 is 1.22 bits per heavy atom. The molecule has 23 heavy (non-hydrogen) atoms. The second kappa shape index (κ2) is 7.18. The third-order valence-electron chi connectivity index (χ3n) is 4.86. The molecule has 3 rings (SSSR count). The van der Waals surface area contributed by atoms with E-state index in [1.165, 1.54) is 31.5 Å². The molecule has 0 bridgehead atoms. The van der Waals surface area contributed by atoms with Gasteiger partial charge in [0.2, 0.25) is 0 Å². The molecule has 2 heterocycles. The number of benzene rings is 1. The average Bonchev–Trinajstić information content (AvgIpc) is 3.18. The van der Waals surface area contributed by atoms with E-state index >= 15 is 0 Å². The zero-order valence-electron chi connectivity index (χ0n) is 13.9. The molecule has 1 fully saturated rings. The van der Waals surface area contributed by atoms with Crippen molar-refractivity contribution in [3.63, 3.8) is 0 Å². The van der Waals surface area contributed by atoms with E-state index in [0.29, 0.717) is 5.56 Å². The van der Waals surface area contributed by atoms with Crippen molar-refractivity contribution in [3.05, 3.63) is 35.5 Å². The van der Waals surface area contributed by atoms with Gasteiger partial charge in [-0.05, 0) is 50.4 Å². The van der Waals surface area contributed by atoms with Gasteiger partial charge < -0.3 is 14.6 Å². The van der Waals surface area contributed by atoms with Gasteiger partial charge in [0.15, 0.2) is 0 Å². The molecular weight excluding hydrogens is 288 g/mol. The fourth-order valence-electron chi connectivity index (χ4n) is 3.60. The predicted molar refractivity (Wildman–Crippen MR) is 93.2 cm³/mol. The summed E-state index contributed by atoms with van der Waals surface area (Å²) in [5.41, 5.74) is 2.60. The number of likely N-dealkylation sites (tertiary alicyclic amines) is 1. The van der Waals surface area contributed by atoms with E-state index < -0.39 is 5.97 Å². The van der Waals surface area contributed by atoms with Gasteiger partial charge >= 0.3 is 5.97 Å². The summed E-state index contributed by atoms with van der Waals surface area (Å²) in [7, 11) is 0. The number of carboxylic acid groups (broad SMARTS) is 1. The van der Waals surface area contributed by atoms with Crippen LogP contribution in [0.2, 0.25) is 0 Å². The van der Waals surface area contributed by atoms with E-state index in [4.69, 9.17) is 0 Å². The van der Waals surface area contributed by atoms with Crippen molar-refractivity contribution in [3.8, 4) is 0 Å². The number of aromatic nitrogens is 1. The van der Waals surface area contributed by atoms with Gasteiger partial charge in [0, 0.05) is 24.7 Å². The molecule has 1 saturated heterocycles. The van der Waals surface area contributed by atoms with Crippen LogP contribution in [-0.4, -0.2) is 40.2 Å². The molecule has 0 amide bonds. The number of rotatable bonds is 7. The van der Waals surface area contributed by atoms with Crippen LogP contribution < -0.4 is 0 Å². The second-order valence-corrected chi connectivity index (χ2v) is 6.51. The molecule has 0 spiro atoms. The summed E-state index contributed by atoms with van der Waals surface area (Å²) in [6.07, 6.45) is 7.98. The highest BCUT2D eigenvalue weighted by molar-refractivity contribution is 6.03. The first kappa shape index (κ1) is 16.1. The van der Waals surface area contributed by atoms with Gasteiger partial charge in [-0.15, -0.1) is 0 Å². The predicted octanol–water partition coefficient (Wildman–Crippen LogP) is 3.78. The Morgan fingerprint density at radius 2 is 2.00 bits per heavy atom. The standard InChI is InChI=1S/C19H26N2O2/c1-2-3-12-21-14-15(9-13-20-10-4-5-11-20)16-7-6-8-17(18(16)21)19(22)23/h6-8,14H,2-5,9-13H2,1H3,(H,22,23). The molecule has 1 aliphatic rings. The maximum atomic E-state index is 11.6. The van der Waals surface area contributed by atoms with Gasteiger partial charge in [-0.1, -0.05) is 25.5 Å². The number of hydrogen-bond acceptors (Lipinski definition) is 2. The summed E-state index contributed by atoms with van der Waals surface area (Å²) in [6.45, 7) is 6.53. The molecule has 1 aromatic carbocycles. The van der Waals surface area contributed by atoms with Crippen LogP contribution in [-0.2, 0) is 13.0 Å². The largest absolute Gasteiger partial charge is 0.478 e. The van der Waals surface area contributed by atoms with E-state index in [1.807, 2.05) is 6.07 Å². The van der Waals surface area contributed by atoms with Crippen LogP contribution in [0.3, 0.4) is 0 Å². The topological polar surface area (TPSA) is 45.5 Å². The minimum absolute atomic E-state index is 0.422. The van der Waals surface area contributed by atoms with Crippen LogP contribution in [0.15, 0.2) is 24.4 Å². The van der Waals surface area contributed by atoms with Crippen molar-refractivity contribution in [1.29, 1.82) is 0 Å². The fourth-order valence-corrected chi connectivity index (χ4v) is 3.60. The number of para-hydroxylation sites is 1. The lowest BCUT2D eigenvalue weighted by atomic mass is 10.1. The van der Waals surface area contributed by atoms with Crippen LogP contribution in [0.25, 0.3) is 10.9 Å². The van der Waals surface area contributed by atoms with Crippen molar-refractivity contribution < 1.29 is 9.90 Å². The fraction of sp³-hybridized carbons (Fsp3) is 0.526. The summed E-state index contributed by atoms with van der Waals surface area (Å²) >= 11 is 0. The highest BCUT2D eigenvalue weighted by Gasteiger charge is 2.17. The molecule has 0 aliphatic carbocycles. The van der Waals surface area contributed by atoms with Crippen LogP contribution in [0.5, 0.6) is 0 Å². The zero-order valence-corrected chi connectivity index (χ0v) is 13.9. The molecule has 0 radical (unpaired) electrons. The third kappa shape index (κ3) is 3.42. The highest BCUT2D eigenvalue weighted by Crippen LogP contribution is 2.26. The number of nitrogens with zero attached hydrogens (tertiary/aromatic N) is 2. The molecule has 4 nitrogen and oxygen atoms in total.